The van der Waals surface area contributed by atoms with Crippen molar-refractivity contribution in [1.82, 2.24) is 9.80 Å². The number of likely N-dealkylation sites (tertiary alicyclic amines) is 1. The van der Waals surface area contributed by atoms with E-state index >= 15 is 0 Å². The molecule has 1 N–H and O–H groups in total. The number of aliphatic hydroxyl groups excluding tert-OH is 1. The zero-order chi connectivity index (χ0) is 16.2. The molecular formula is C17H24FN3O2. The zero-order valence-electron chi connectivity index (χ0n) is 13.3. The molecule has 2 saturated heterocycles. The minimum Gasteiger partial charge on any atom is -0.395 e. The molecule has 0 aliphatic carbocycles. The molecule has 0 radical (unpaired) electrons. The maximum atomic E-state index is 13.0. The van der Waals surface area contributed by atoms with Crippen LogP contribution in [0.1, 0.15) is 12.8 Å². The molecule has 1 amide bonds. The number of nitrogens with zero attached hydrogens (tertiary/aromatic N) is 3. The third-order valence-electron chi connectivity index (χ3n) is 4.87. The Morgan fingerprint density at radius 2 is 1.83 bits per heavy atom. The van der Waals surface area contributed by atoms with Crippen molar-refractivity contribution in [2.45, 2.75) is 18.9 Å². The molecule has 0 bridgehead atoms. The predicted octanol–water partition coefficient (Wildman–Crippen LogP) is 0.931. The second-order valence-electron chi connectivity index (χ2n) is 6.29. The van der Waals surface area contributed by atoms with Crippen molar-refractivity contribution in [2.24, 2.45) is 0 Å². The molecule has 2 heterocycles. The molecule has 126 valence electrons. The number of aliphatic hydroxyl groups is 1. The topological polar surface area (TPSA) is 47.0 Å². The smallest absolute Gasteiger partial charge is 0.236 e. The van der Waals surface area contributed by atoms with Crippen LogP contribution >= 0.6 is 0 Å². The number of amides is 1. The first-order valence-electron chi connectivity index (χ1n) is 8.30. The average Bonchev–Trinajstić information content (AvgIpc) is 3.03. The van der Waals surface area contributed by atoms with Crippen LogP contribution in [0.5, 0.6) is 0 Å². The lowest BCUT2D eigenvalue weighted by molar-refractivity contribution is -0.133. The van der Waals surface area contributed by atoms with Crippen LogP contribution in [0.15, 0.2) is 24.3 Å². The van der Waals surface area contributed by atoms with Crippen LogP contribution in [0.3, 0.4) is 0 Å². The largest absolute Gasteiger partial charge is 0.395 e. The van der Waals surface area contributed by atoms with E-state index in [1.165, 1.54) is 12.1 Å². The highest BCUT2D eigenvalue weighted by atomic mass is 19.1. The van der Waals surface area contributed by atoms with Gasteiger partial charge in [-0.3, -0.25) is 9.69 Å². The lowest BCUT2D eigenvalue weighted by atomic mass is 10.2. The van der Waals surface area contributed by atoms with Gasteiger partial charge in [0.25, 0.3) is 0 Å². The number of carbonyl (C=O) groups excluding carboxylic acids is 1. The van der Waals surface area contributed by atoms with E-state index in [-0.39, 0.29) is 24.4 Å². The van der Waals surface area contributed by atoms with Crippen molar-refractivity contribution in [3.63, 3.8) is 0 Å². The second-order valence-corrected chi connectivity index (χ2v) is 6.29. The number of carbonyl (C=O) groups is 1. The van der Waals surface area contributed by atoms with Gasteiger partial charge in [0, 0.05) is 37.9 Å². The van der Waals surface area contributed by atoms with Gasteiger partial charge < -0.3 is 14.9 Å². The van der Waals surface area contributed by atoms with Crippen molar-refractivity contribution in [3.8, 4) is 0 Å². The molecule has 2 aliphatic rings. The summed E-state index contributed by atoms with van der Waals surface area (Å²) in [6, 6.07) is 6.63. The van der Waals surface area contributed by atoms with E-state index in [2.05, 4.69) is 9.80 Å². The fraction of sp³-hybridized carbons (Fsp3) is 0.588. The number of anilines is 1. The Morgan fingerprint density at radius 1 is 1.13 bits per heavy atom. The molecule has 6 heteroatoms. The van der Waals surface area contributed by atoms with Crippen LogP contribution < -0.4 is 4.90 Å². The van der Waals surface area contributed by atoms with Crippen LogP contribution in [0.2, 0.25) is 0 Å². The summed E-state index contributed by atoms with van der Waals surface area (Å²) in [5.41, 5.74) is 0.999. The molecule has 5 nitrogen and oxygen atoms in total. The molecule has 2 aliphatic heterocycles. The Kier molecular flexibility index (Phi) is 5.13. The fourth-order valence-corrected chi connectivity index (χ4v) is 3.45. The van der Waals surface area contributed by atoms with E-state index in [9.17, 15) is 14.3 Å². The Labute approximate surface area is 136 Å². The quantitative estimate of drug-likeness (QED) is 0.896. The van der Waals surface area contributed by atoms with Crippen molar-refractivity contribution in [3.05, 3.63) is 30.1 Å². The SMILES string of the molecule is O=C(CN1CCC[C@@H]1CO)N1CCN(c2ccc(F)cc2)CC1. The van der Waals surface area contributed by atoms with Crippen LogP contribution in [0.25, 0.3) is 0 Å². The van der Waals surface area contributed by atoms with Gasteiger partial charge >= 0.3 is 0 Å². The molecule has 0 spiro atoms. The summed E-state index contributed by atoms with van der Waals surface area (Å²) in [6.07, 6.45) is 2.03. The molecule has 23 heavy (non-hydrogen) atoms. The van der Waals surface area contributed by atoms with Gasteiger partial charge in [0.15, 0.2) is 0 Å². The van der Waals surface area contributed by atoms with Crippen LogP contribution in [0, 0.1) is 5.82 Å². The van der Waals surface area contributed by atoms with E-state index in [1.54, 1.807) is 12.1 Å². The summed E-state index contributed by atoms with van der Waals surface area (Å²) in [5, 5.41) is 9.34. The lowest BCUT2D eigenvalue weighted by Crippen LogP contribution is -2.52. The molecule has 1 aromatic rings. The number of hydrogen-bond donors (Lipinski definition) is 1. The fourth-order valence-electron chi connectivity index (χ4n) is 3.45. The summed E-state index contributed by atoms with van der Waals surface area (Å²) in [5.74, 6) is -0.0873. The third kappa shape index (κ3) is 3.82. The minimum absolute atomic E-state index is 0.131. The van der Waals surface area contributed by atoms with Gasteiger partial charge in [-0.1, -0.05) is 0 Å². The molecular weight excluding hydrogens is 297 g/mol. The number of halogens is 1. The lowest BCUT2D eigenvalue weighted by Gasteiger charge is -2.37. The maximum absolute atomic E-state index is 13.0. The zero-order valence-corrected chi connectivity index (χ0v) is 13.3. The number of benzene rings is 1. The van der Waals surface area contributed by atoms with Crippen LogP contribution in [-0.4, -0.2) is 72.7 Å². The van der Waals surface area contributed by atoms with E-state index in [4.69, 9.17) is 0 Å². The second kappa shape index (κ2) is 7.27. The predicted molar refractivity (Wildman–Crippen MR) is 86.9 cm³/mol. The standard InChI is InChI=1S/C17H24FN3O2/c18-14-3-5-15(6-4-14)19-8-10-20(11-9-19)17(23)12-21-7-1-2-16(21)13-22/h3-6,16,22H,1-2,7-13H2/t16-/m1/s1. The molecule has 0 unspecified atom stereocenters. The monoisotopic (exact) mass is 321 g/mol. The molecule has 1 atom stereocenters. The van der Waals surface area contributed by atoms with Gasteiger partial charge in [-0.15, -0.1) is 0 Å². The summed E-state index contributed by atoms with van der Waals surface area (Å²) in [4.78, 5) is 18.6. The summed E-state index contributed by atoms with van der Waals surface area (Å²) >= 11 is 0. The highest BCUT2D eigenvalue weighted by Gasteiger charge is 2.28. The van der Waals surface area contributed by atoms with Crippen LogP contribution in [0.4, 0.5) is 10.1 Å². The third-order valence-corrected chi connectivity index (χ3v) is 4.87. The molecule has 1 aromatic carbocycles. The summed E-state index contributed by atoms with van der Waals surface area (Å²) < 4.78 is 13.0. The Morgan fingerprint density at radius 3 is 2.48 bits per heavy atom. The van der Waals surface area contributed by atoms with Gasteiger partial charge in [-0.25, -0.2) is 4.39 Å². The van der Waals surface area contributed by atoms with Crippen molar-refractivity contribution in [1.29, 1.82) is 0 Å². The van der Waals surface area contributed by atoms with Gasteiger partial charge in [-0.05, 0) is 43.7 Å². The van der Waals surface area contributed by atoms with Gasteiger partial charge in [0.05, 0.1) is 13.2 Å². The van der Waals surface area contributed by atoms with Crippen molar-refractivity contribution < 1.29 is 14.3 Å². The van der Waals surface area contributed by atoms with Crippen molar-refractivity contribution in [2.75, 3.05) is 50.8 Å². The number of hydrogen-bond acceptors (Lipinski definition) is 4. The summed E-state index contributed by atoms with van der Waals surface area (Å²) in [7, 11) is 0. The van der Waals surface area contributed by atoms with Gasteiger partial charge in [-0.2, -0.15) is 0 Å². The van der Waals surface area contributed by atoms with Gasteiger partial charge in [0.1, 0.15) is 5.82 Å². The highest BCUT2D eigenvalue weighted by molar-refractivity contribution is 5.78. The normalized spacial score (nSPS) is 22.6. The van der Waals surface area contributed by atoms with E-state index < -0.39 is 0 Å². The van der Waals surface area contributed by atoms with Crippen molar-refractivity contribution >= 4 is 11.6 Å². The number of piperazine rings is 1. The van der Waals surface area contributed by atoms with E-state index in [0.29, 0.717) is 19.6 Å². The Hall–Kier alpha value is -1.66. The molecule has 2 fully saturated rings. The number of rotatable bonds is 4. The first-order chi connectivity index (χ1) is 11.2. The average molecular weight is 321 g/mol. The molecule has 0 aromatic heterocycles. The highest BCUT2D eigenvalue weighted by Crippen LogP contribution is 2.19. The van der Waals surface area contributed by atoms with Crippen LogP contribution in [-0.2, 0) is 4.79 Å². The Bertz CT molecular complexity index is 529. The minimum atomic E-state index is -0.230. The first kappa shape index (κ1) is 16.2. The molecule has 0 saturated carbocycles. The van der Waals surface area contributed by atoms with E-state index in [1.807, 2.05) is 4.90 Å². The first-order valence-corrected chi connectivity index (χ1v) is 8.30. The summed E-state index contributed by atoms with van der Waals surface area (Å²) in [6.45, 7) is 4.34. The van der Waals surface area contributed by atoms with Gasteiger partial charge in [0.2, 0.25) is 5.91 Å². The Balaban J connectivity index is 1.50. The molecule has 3 rings (SSSR count). The van der Waals surface area contributed by atoms with E-state index in [0.717, 1.165) is 38.2 Å². The maximum Gasteiger partial charge on any atom is 0.236 e.